The third-order valence-corrected chi connectivity index (χ3v) is 3.04. The third-order valence-electron chi connectivity index (χ3n) is 1.41. The highest BCUT2D eigenvalue weighted by Crippen LogP contribution is 1.96. The molecule has 8 heteroatoms. The summed E-state index contributed by atoms with van der Waals surface area (Å²) < 4.78 is 26.6. The van der Waals surface area contributed by atoms with E-state index in [1.165, 1.54) is 7.11 Å². The van der Waals surface area contributed by atoms with Crippen LogP contribution in [0.15, 0.2) is 5.11 Å². The normalized spacial score (nSPS) is 10.4. The van der Waals surface area contributed by atoms with Crippen molar-refractivity contribution in [3.05, 3.63) is 10.4 Å². The molecule has 0 N–H and O–H groups in total. The predicted molar refractivity (Wildman–Crippen MR) is 49.3 cm³/mol. The zero-order valence-electron chi connectivity index (χ0n) is 7.71. The first kappa shape index (κ1) is 12.7. The summed E-state index contributed by atoms with van der Waals surface area (Å²) in [7, 11) is -2.14. The minimum absolute atomic E-state index is 0.111. The Kier molecular flexibility index (Phi) is 5.66. The van der Waals surface area contributed by atoms with Gasteiger partial charge in [-0.3, -0.25) is 4.79 Å². The van der Waals surface area contributed by atoms with Crippen LogP contribution >= 0.6 is 0 Å². The van der Waals surface area contributed by atoms with E-state index in [0.717, 1.165) is 0 Å². The maximum absolute atomic E-state index is 11.1. The number of nitrogens with zero attached hydrogens (tertiary/aromatic N) is 3. The fraction of sp³-hybridized carbons (Fsp3) is 0.833. The molecule has 0 aromatic carbocycles. The average Bonchev–Trinajstić information content (AvgIpc) is 2.14. The molecule has 0 aliphatic carbocycles. The van der Waals surface area contributed by atoms with Gasteiger partial charge in [-0.1, -0.05) is 5.11 Å². The molecular formula is C6H11N3O4S. The van der Waals surface area contributed by atoms with E-state index in [9.17, 15) is 13.2 Å². The predicted octanol–water partition coefficient (Wildman–Crippen LogP) is 0.275. The van der Waals surface area contributed by atoms with E-state index in [0.29, 0.717) is 0 Å². The lowest BCUT2D eigenvalue weighted by Gasteiger charge is -2.00. The van der Waals surface area contributed by atoms with Crippen molar-refractivity contribution in [2.45, 2.75) is 6.42 Å². The fourth-order valence-corrected chi connectivity index (χ4v) is 1.71. The van der Waals surface area contributed by atoms with Gasteiger partial charge < -0.3 is 4.74 Å². The van der Waals surface area contributed by atoms with Crippen molar-refractivity contribution in [3.63, 3.8) is 0 Å². The van der Waals surface area contributed by atoms with Crippen LogP contribution in [0.3, 0.4) is 0 Å². The van der Waals surface area contributed by atoms with Gasteiger partial charge in [-0.2, -0.15) is 0 Å². The molecule has 0 fully saturated rings. The summed E-state index contributed by atoms with van der Waals surface area (Å²) >= 11 is 0. The summed E-state index contributed by atoms with van der Waals surface area (Å²) in [6, 6.07) is 0. The zero-order valence-corrected chi connectivity index (χ0v) is 8.53. The van der Waals surface area contributed by atoms with Crippen LogP contribution in [-0.2, 0) is 19.4 Å². The number of ether oxygens (including phenoxy) is 1. The molecule has 80 valence electrons. The van der Waals surface area contributed by atoms with Crippen molar-refractivity contribution in [2.75, 3.05) is 25.2 Å². The Morgan fingerprint density at radius 2 is 2.14 bits per heavy atom. The van der Waals surface area contributed by atoms with Crippen LogP contribution in [-0.4, -0.2) is 39.5 Å². The first-order chi connectivity index (χ1) is 6.52. The van der Waals surface area contributed by atoms with Gasteiger partial charge in [0.25, 0.3) is 0 Å². The average molecular weight is 221 g/mol. The lowest BCUT2D eigenvalue weighted by atomic mass is 10.5. The molecule has 0 radical (unpaired) electrons. The summed E-state index contributed by atoms with van der Waals surface area (Å²) in [6.07, 6.45) is -0.172. The quantitative estimate of drug-likeness (QED) is 0.277. The van der Waals surface area contributed by atoms with E-state index in [1.807, 2.05) is 0 Å². The molecule has 0 unspecified atom stereocenters. The van der Waals surface area contributed by atoms with Gasteiger partial charge in [0.1, 0.15) is 0 Å². The second kappa shape index (κ2) is 6.22. The number of carbonyl (C=O) groups excluding carboxylic acids is 1. The number of hydrogen-bond acceptors (Lipinski definition) is 5. The molecule has 0 saturated carbocycles. The number of hydrogen-bond donors (Lipinski definition) is 0. The number of sulfone groups is 1. The summed E-state index contributed by atoms with van der Waals surface area (Å²) in [5.74, 6) is -1.09. The maximum Gasteiger partial charge on any atom is 0.306 e. The van der Waals surface area contributed by atoms with Crippen molar-refractivity contribution in [1.29, 1.82) is 0 Å². The molecule has 0 aliphatic rings. The van der Waals surface area contributed by atoms with E-state index in [1.54, 1.807) is 0 Å². The highest BCUT2D eigenvalue weighted by atomic mass is 32.2. The van der Waals surface area contributed by atoms with Crippen LogP contribution in [0, 0.1) is 0 Å². The second-order valence-corrected chi connectivity index (χ2v) is 4.74. The van der Waals surface area contributed by atoms with Crippen molar-refractivity contribution in [1.82, 2.24) is 0 Å². The molecule has 0 spiro atoms. The second-order valence-electron chi connectivity index (χ2n) is 2.43. The van der Waals surface area contributed by atoms with Gasteiger partial charge in [0.2, 0.25) is 0 Å². The highest BCUT2D eigenvalue weighted by Gasteiger charge is 2.12. The topological polar surface area (TPSA) is 109 Å². The summed E-state index contributed by atoms with van der Waals surface area (Å²) in [4.78, 5) is 13.0. The minimum Gasteiger partial charge on any atom is -0.469 e. The van der Waals surface area contributed by atoms with Crippen LogP contribution in [0.4, 0.5) is 0 Å². The van der Waals surface area contributed by atoms with Crippen molar-refractivity contribution < 1.29 is 17.9 Å². The molecule has 14 heavy (non-hydrogen) atoms. The molecule has 0 aromatic heterocycles. The van der Waals surface area contributed by atoms with Crippen LogP contribution in [0.25, 0.3) is 10.4 Å². The van der Waals surface area contributed by atoms with Crippen LogP contribution in [0.2, 0.25) is 0 Å². The van der Waals surface area contributed by atoms with Gasteiger partial charge in [0, 0.05) is 11.5 Å². The van der Waals surface area contributed by atoms with E-state index < -0.39 is 15.8 Å². The van der Waals surface area contributed by atoms with Crippen molar-refractivity contribution in [2.24, 2.45) is 5.11 Å². The Labute approximate surface area is 81.6 Å². The Morgan fingerprint density at radius 1 is 1.50 bits per heavy atom. The minimum atomic E-state index is -3.32. The summed E-state index contributed by atoms with van der Waals surface area (Å²) in [5.41, 5.74) is 7.91. The lowest BCUT2D eigenvalue weighted by Crippen LogP contribution is -2.16. The Morgan fingerprint density at radius 3 is 2.64 bits per heavy atom. The van der Waals surface area contributed by atoms with Crippen LogP contribution in [0.1, 0.15) is 6.42 Å². The van der Waals surface area contributed by atoms with Crippen LogP contribution < -0.4 is 0 Å². The molecule has 0 atom stereocenters. The Balaban J connectivity index is 3.96. The molecule has 0 amide bonds. The number of rotatable bonds is 6. The Bertz CT molecular complexity index is 331. The lowest BCUT2D eigenvalue weighted by molar-refractivity contribution is -0.140. The maximum atomic E-state index is 11.1. The van der Waals surface area contributed by atoms with E-state index in [-0.39, 0.29) is 24.5 Å². The molecule has 0 bridgehead atoms. The molecule has 0 saturated heterocycles. The highest BCUT2D eigenvalue weighted by molar-refractivity contribution is 7.91. The standard InChI is InChI=1S/C6H11N3O4S/c1-13-6(10)2-4-14(11,12)5-3-8-9-7/h2-5H2,1H3. The third kappa shape index (κ3) is 6.27. The van der Waals surface area contributed by atoms with Gasteiger partial charge in [0.05, 0.1) is 25.0 Å². The van der Waals surface area contributed by atoms with Gasteiger partial charge in [-0.05, 0) is 5.53 Å². The summed E-state index contributed by atoms with van der Waals surface area (Å²) in [5, 5.41) is 3.09. The SMILES string of the molecule is COC(=O)CCS(=O)(=O)CCN=[N+]=[N-]. The number of azide groups is 1. The number of esters is 1. The van der Waals surface area contributed by atoms with E-state index >= 15 is 0 Å². The van der Waals surface area contributed by atoms with Gasteiger partial charge >= 0.3 is 5.97 Å². The molecule has 0 heterocycles. The van der Waals surface area contributed by atoms with E-state index in [2.05, 4.69) is 14.8 Å². The van der Waals surface area contributed by atoms with Gasteiger partial charge in [0.15, 0.2) is 9.84 Å². The smallest absolute Gasteiger partial charge is 0.306 e. The molecule has 7 nitrogen and oxygen atoms in total. The fourth-order valence-electron chi connectivity index (χ4n) is 0.668. The summed E-state index contributed by atoms with van der Waals surface area (Å²) in [6.45, 7) is -0.111. The van der Waals surface area contributed by atoms with Gasteiger partial charge in [-0.25, -0.2) is 8.42 Å². The molecule has 0 rings (SSSR count). The van der Waals surface area contributed by atoms with E-state index in [4.69, 9.17) is 5.53 Å². The largest absolute Gasteiger partial charge is 0.469 e. The van der Waals surface area contributed by atoms with Crippen molar-refractivity contribution in [3.8, 4) is 0 Å². The van der Waals surface area contributed by atoms with Crippen LogP contribution in [0.5, 0.6) is 0 Å². The molecule has 0 aliphatic heterocycles. The van der Waals surface area contributed by atoms with Gasteiger partial charge in [-0.15, -0.1) is 0 Å². The molecule has 0 aromatic rings. The van der Waals surface area contributed by atoms with Crippen molar-refractivity contribution >= 4 is 15.8 Å². The Hall–Kier alpha value is -1.27. The first-order valence-corrected chi connectivity index (χ1v) is 5.62. The zero-order chi connectivity index (χ0) is 11.0. The molecular weight excluding hydrogens is 210 g/mol. The monoisotopic (exact) mass is 221 g/mol. The number of carbonyl (C=O) groups is 1. The number of methoxy groups -OCH3 is 1. The first-order valence-electron chi connectivity index (χ1n) is 3.80.